The lowest BCUT2D eigenvalue weighted by Gasteiger charge is -2.07. The predicted molar refractivity (Wildman–Crippen MR) is 125 cm³/mol. The number of hydrogen-bond donors (Lipinski definition) is 0. The average molecular weight is 554 g/mol. The van der Waals surface area contributed by atoms with Crippen LogP contribution >= 0.6 is 39.1 Å². The van der Waals surface area contributed by atoms with Crippen LogP contribution in [0.25, 0.3) is 27.8 Å². The minimum atomic E-state index is -3.38. The lowest BCUT2D eigenvalue weighted by molar-refractivity contribution is 0.0592. The SMILES string of the molecule is COC(=O)c1nn(-c2ccccc2Cl)c(-c2nc(-c3cccc(S(C)(=O)=O)c3)ns2)c1Br. The number of para-hydroxylation sites is 1. The quantitative estimate of drug-likeness (QED) is 0.331. The molecule has 0 atom stereocenters. The van der Waals surface area contributed by atoms with E-state index in [-0.39, 0.29) is 10.6 Å². The fraction of sp³-hybridized carbons (Fsp3) is 0.100. The normalized spacial score (nSPS) is 11.5. The number of carbonyl (C=O) groups is 1. The van der Waals surface area contributed by atoms with Gasteiger partial charge in [-0.2, -0.15) is 9.47 Å². The fourth-order valence-electron chi connectivity index (χ4n) is 2.91. The Bertz CT molecular complexity index is 1450. The minimum absolute atomic E-state index is 0.0539. The van der Waals surface area contributed by atoms with Crippen molar-refractivity contribution in [3.05, 3.63) is 63.7 Å². The van der Waals surface area contributed by atoms with Crippen LogP contribution in [0, 0.1) is 0 Å². The third kappa shape index (κ3) is 4.20. The van der Waals surface area contributed by atoms with Gasteiger partial charge in [0.25, 0.3) is 0 Å². The van der Waals surface area contributed by atoms with E-state index in [1.54, 1.807) is 36.4 Å². The number of rotatable bonds is 5. The van der Waals surface area contributed by atoms with Crippen molar-refractivity contribution in [3.8, 4) is 27.8 Å². The lowest BCUT2D eigenvalue weighted by Crippen LogP contribution is -2.05. The first-order chi connectivity index (χ1) is 15.2. The molecule has 0 aliphatic carbocycles. The second kappa shape index (κ2) is 8.74. The van der Waals surface area contributed by atoms with Gasteiger partial charge in [-0.3, -0.25) is 0 Å². The molecule has 164 valence electrons. The number of esters is 1. The van der Waals surface area contributed by atoms with Crippen molar-refractivity contribution in [1.29, 1.82) is 0 Å². The van der Waals surface area contributed by atoms with Crippen LogP contribution in [0.1, 0.15) is 10.5 Å². The van der Waals surface area contributed by atoms with Gasteiger partial charge in [0.1, 0.15) is 5.69 Å². The zero-order valence-electron chi connectivity index (χ0n) is 16.6. The Hall–Kier alpha value is -2.60. The number of benzene rings is 2. The molecule has 0 spiro atoms. The Morgan fingerprint density at radius 2 is 1.94 bits per heavy atom. The highest BCUT2D eigenvalue weighted by Gasteiger charge is 2.27. The maximum atomic E-state index is 12.3. The molecule has 4 rings (SSSR count). The molecule has 2 heterocycles. The average Bonchev–Trinajstić information content (AvgIpc) is 3.37. The van der Waals surface area contributed by atoms with E-state index in [9.17, 15) is 13.2 Å². The number of methoxy groups -OCH3 is 1. The molecule has 2 aromatic heterocycles. The van der Waals surface area contributed by atoms with Crippen molar-refractivity contribution >= 4 is 54.9 Å². The summed E-state index contributed by atoms with van der Waals surface area (Å²) in [5.74, 6) is -0.288. The molecule has 8 nitrogen and oxygen atoms in total. The molecule has 32 heavy (non-hydrogen) atoms. The molecule has 0 N–H and O–H groups in total. The zero-order valence-corrected chi connectivity index (χ0v) is 20.6. The summed E-state index contributed by atoms with van der Waals surface area (Å²) in [6.45, 7) is 0. The fourth-order valence-corrected chi connectivity index (χ4v) is 5.24. The first-order valence-electron chi connectivity index (χ1n) is 8.97. The highest BCUT2D eigenvalue weighted by Crippen LogP contribution is 2.37. The van der Waals surface area contributed by atoms with E-state index in [0.717, 1.165) is 17.8 Å². The van der Waals surface area contributed by atoms with Gasteiger partial charge in [-0.25, -0.2) is 22.9 Å². The van der Waals surface area contributed by atoms with E-state index >= 15 is 0 Å². The van der Waals surface area contributed by atoms with Crippen LogP contribution in [0.3, 0.4) is 0 Å². The molecular formula is C20H14BrClN4O4S2. The van der Waals surface area contributed by atoms with Crippen molar-refractivity contribution in [2.75, 3.05) is 13.4 Å². The largest absolute Gasteiger partial charge is 0.464 e. The van der Waals surface area contributed by atoms with Gasteiger partial charge in [0.05, 0.1) is 27.2 Å². The van der Waals surface area contributed by atoms with Gasteiger partial charge in [0.2, 0.25) is 0 Å². The molecule has 0 saturated carbocycles. The van der Waals surface area contributed by atoms with Crippen LogP contribution in [0.5, 0.6) is 0 Å². The van der Waals surface area contributed by atoms with E-state index in [1.807, 2.05) is 0 Å². The van der Waals surface area contributed by atoms with Crippen LogP contribution in [-0.2, 0) is 14.6 Å². The summed E-state index contributed by atoms with van der Waals surface area (Å²) in [4.78, 5) is 17.0. The molecule has 0 fully saturated rings. The van der Waals surface area contributed by atoms with Gasteiger partial charge in [-0.1, -0.05) is 35.9 Å². The maximum absolute atomic E-state index is 12.3. The summed E-state index contributed by atoms with van der Waals surface area (Å²) >= 11 is 10.9. The highest BCUT2D eigenvalue weighted by atomic mass is 79.9. The lowest BCUT2D eigenvalue weighted by atomic mass is 10.2. The Morgan fingerprint density at radius 3 is 2.62 bits per heavy atom. The maximum Gasteiger partial charge on any atom is 0.359 e. The molecule has 0 aliphatic heterocycles. The Labute approximate surface area is 201 Å². The van der Waals surface area contributed by atoms with Gasteiger partial charge in [-0.05, 0) is 51.7 Å². The number of sulfone groups is 1. The van der Waals surface area contributed by atoms with Crippen molar-refractivity contribution in [2.45, 2.75) is 4.90 Å². The standard InChI is InChI=1S/C20H14BrClN4O4S2/c1-30-20(27)16-15(21)17(26(24-16)14-9-4-3-8-13(14)22)19-23-18(25-31-19)11-6-5-7-12(10-11)32(2,28)29/h3-10H,1-2H3. The molecule has 0 unspecified atom stereocenters. The number of aromatic nitrogens is 4. The van der Waals surface area contributed by atoms with E-state index in [4.69, 9.17) is 16.3 Å². The van der Waals surface area contributed by atoms with Gasteiger partial charge in [0.15, 0.2) is 26.4 Å². The third-order valence-corrected chi connectivity index (χ3v) is 7.34. The van der Waals surface area contributed by atoms with Crippen molar-refractivity contribution in [3.63, 3.8) is 0 Å². The monoisotopic (exact) mass is 552 g/mol. The van der Waals surface area contributed by atoms with Crippen molar-refractivity contribution in [2.24, 2.45) is 0 Å². The van der Waals surface area contributed by atoms with E-state index in [1.165, 1.54) is 23.9 Å². The molecule has 0 aliphatic rings. The highest BCUT2D eigenvalue weighted by molar-refractivity contribution is 9.10. The number of halogens is 2. The number of hydrogen-bond acceptors (Lipinski definition) is 8. The molecule has 0 radical (unpaired) electrons. The third-order valence-electron chi connectivity index (χ3n) is 4.44. The molecule has 4 aromatic rings. The Kier molecular flexibility index (Phi) is 6.17. The van der Waals surface area contributed by atoms with Crippen molar-refractivity contribution < 1.29 is 17.9 Å². The summed E-state index contributed by atoms with van der Waals surface area (Å²) in [6.07, 6.45) is 1.14. The summed E-state index contributed by atoms with van der Waals surface area (Å²) in [5.41, 5.74) is 1.60. The summed E-state index contributed by atoms with van der Waals surface area (Å²) in [7, 11) is -2.12. The van der Waals surface area contributed by atoms with Gasteiger partial charge in [0, 0.05) is 11.8 Å². The second-order valence-corrected chi connectivity index (χ2v) is 10.6. The van der Waals surface area contributed by atoms with Crippen LogP contribution in [0.2, 0.25) is 5.02 Å². The topological polar surface area (TPSA) is 104 Å². The smallest absolute Gasteiger partial charge is 0.359 e. The Morgan fingerprint density at radius 1 is 1.19 bits per heavy atom. The number of nitrogens with zero attached hydrogens (tertiary/aromatic N) is 4. The minimum Gasteiger partial charge on any atom is -0.464 e. The van der Waals surface area contributed by atoms with Crippen LogP contribution in [0.4, 0.5) is 0 Å². The molecule has 0 bridgehead atoms. The van der Waals surface area contributed by atoms with Crippen LogP contribution < -0.4 is 0 Å². The van der Waals surface area contributed by atoms with Gasteiger partial charge < -0.3 is 4.74 Å². The molecule has 2 aromatic carbocycles. The first kappa shape index (κ1) is 22.6. The van der Waals surface area contributed by atoms with E-state index < -0.39 is 15.8 Å². The predicted octanol–water partition coefficient (Wildman–Crippen LogP) is 4.66. The van der Waals surface area contributed by atoms with Crippen molar-refractivity contribution in [1.82, 2.24) is 19.1 Å². The molecule has 12 heteroatoms. The summed E-state index contributed by atoms with van der Waals surface area (Å²) < 4.78 is 34.9. The zero-order chi connectivity index (χ0) is 23.0. The van der Waals surface area contributed by atoms with E-state index in [2.05, 4.69) is 30.4 Å². The van der Waals surface area contributed by atoms with Gasteiger partial charge in [-0.15, -0.1) is 0 Å². The van der Waals surface area contributed by atoms with Crippen LogP contribution in [0.15, 0.2) is 57.9 Å². The molecule has 0 saturated heterocycles. The number of carbonyl (C=O) groups excluding carboxylic acids is 1. The molecule has 0 amide bonds. The number of ether oxygens (including phenoxy) is 1. The summed E-state index contributed by atoms with van der Waals surface area (Å²) in [5, 5.41) is 5.25. The molecular weight excluding hydrogens is 540 g/mol. The van der Waals surface area contributed by atoms with Crippen LogP contribution in [-0.4, -0.2) is 46.9 Å². The first-order valence-corrected chi connectivity index (χ1v) is 12.8. The Balaban J connectivity index is 1.88. The van der Waals surface area contributed by atoms with Gasteiger partial charge >= 0.3 is 5.97 Å². The van der Waals surface area contributed by atoms with E-state index in [0.29, 0.717) is 37.3 Å². The second-order valence-electron chi connectivity index (χ2n) is 6.59. The summed E-state index contributed by atoms with van der Waals surface area (Å²) in [6, 6.07) is 13.4.